The lowest BCUT2D eigenvalue weighted by atomic mass is 10.0. The van der Waals surface area contributed by atoms with E-state index in [4.69, 9.17) is 4.74 Å². The minimum Gasteiger partial charge on any atom is -0.478 e. The van der Waals surface area contributed by atoms with Crippen LogP contribution in [0.1, 0.15) is 74.7 Å². The molecule has 0 radical (unpaired) electrons. The number of carbonyl (C=O) groups is 1. The molecule has 1 fully saturated rings. The molecule has 0 aromatic heterocycles. The Balaban J connectivity index is -0.000000659. The maximum atomic E-state index is 12.4. The summed E-state index contributed by atoms with van der Waals surface area (Å²) in [5, 5.41) is 0. The van der Waals surface area contributed by atoms with E-state index in [2.05, 4.69) is 13.2 Å². The van der Waals surface area contributed by atoms with E-state index in [1.54, 1.807) is 32.1 Å². The van der Waals surface area contributed by atoms with E-state index in [0.717, 1.165) is 25.9 Å². The van der Waals surface area contributed by atoms with Crippen LogP contribution in [-0.4, -0.2) is 29.5 Å². The van der Waals surface area contributed by atoms with E-state index in [0.29, 0.717) is 5.76 Å². The second-order valence-corrected chi connectivity index (χ2v) is 4.97. The highest BCUT2D eigenvalue weighted by Crippen LogP contribution is 2.21. The number of nitrogens with zero attached hydrogens (tertiary/aromatic N) is 1. The first kappa shape index (κ1) is 27.3. The van der Waals surface area contributed by atoms with E-state index in [1.807, 2.05) is 46.4 Å². The summed E-state index contributed by atoms with van der Waals surface area (Å²) < 4.78 is 5.72. The molecule has 1 aliphatic heterocycles. The molecule has 0 aromatic carbocycles. The molecule has 0 saturated carbocycles. The Morgan fingerprint density at radius 1 is 0.958 bits per heavy atom. The maximum absolute atomic E-state index is 12.4. The summed E-state index contributed by atoms with van der Waals surface area (Å²) in [6.07, 6.45) is 8.29. The molecule has 3 heteroatoms. The van der Waals surface area contributed by atoms with Crippen LogP contribution in [0.5, 0.6) is 0 Å². The van der Waals surface area contributed by atoms with Crippen molar-refractivity contribution in [2.24, 2.45) is 0 Å². The van der Waals surface area contributed by atoms with Gasteiger partial charge in [0, 0.05) is 13.1 Å². The van der Waals surface area contributed by atoms with Gasteiger partial charge in [-0.1, -0.05) is 60.8 Å². The van der Waals surface area contributed by atoms with Crippen molar-refractivity contribution in [3.63, 3.8) is 0 Å². The summed E-state index contributed by atoms with van der Waals surface area (Å²) >= 11 is 0. The molecule has 0 aliphatic carbocycles. The minimum atomic E-state index is -0.861. The van der Waals surface area contributed by atoms with Crippen molar-refractivity contribution in [1.29, 1.82) is 0 Å². The average molecular weight is 340 g/mol. The summed E-state index contributed by atoms with van der Waals surface area (Å²) in [5.74, 6) is 0.611. The third-order valence-corrected chi connectivity index (χ3v) is 3.01. The van der Waals surface area contributed by atoms with Gasteiger partial charge in [-0.05, 0) is 45.3 Å². The molecule has 1 heterocycles. The summed E-state index contributed by atoms with van der Waals surface area (Å²) in [6, 6.07) is 0. The van der Waals surface area contributed by atoms with Crippen molar-refractivity contribution >= 4 is 5.91 Å². The van der Waals surface area contributed by atoms with Crippen LogP contribution >= 0.6 is 0 Å². The lowest BCUT2D eigenvalue weighted by molar-refractivity contribution is -0.150. The first-order chi connectivity index (χ1) is 11.5. The third-order valence-electron chi connectivity index (χ3n) is 3.01. The molecule has 1 rings (SSSR count). The average Bonchev–Trinajstić information content (AvgIpc) is 2.66. The van der Waals surface area contributed by atoms with Crippen LogP contribution < -0.4 is 0 Å². The molecular formula is C21H41NO2. The standard InChI is InChI=1S/C15H23NO2.3C2H6/c1-5-10-13(6-2)18-15(3,4)14(17)16-11-8-7-9-12-16;3*1-2/h5-6,10H,1-2,7-9,11-12H2,3-4H3;3*1-2H3/b13-10+;;;. The van der Waals surface area contributed by atoms with Gasteiger partial charge in [-0.25, -0.2) is 0 Å². The zero-order valence-electron chi connectivity index (χ0n) is 17.4. The van der Waals surface area contributed by atoms with E-state index in [9.17, 15) is 4.79 Å². The highest BCUT2D eigenvalue weighted by molar-refractivity contribution is 5.84. The summed E-state index contributed by atoms with van der Waals surface area (Å²) in [4.78, 5) is 14.3. The molecule has 0 spiro atoms. The Hall–Kier alpha value is -1.51. The Morgan fingerprint density at radius 2 is 1.42 bits per heavy atom. The molecule has 1 amide bonds. The Labute approximate surface area is 151 Å². The normalized spacial score (nSPS) is 13.7. The summed E-state index contributed by atoms with van der Waals surface area (Å²) in [6.45, 7) is 24.5. The number of likely N-dealkylation sites (tertiary alicyclic amines) is 1. The van der Waals surface area contributed by atoms with Crippen LogP contribution in [0.15, 0.2) is 37.1 Å². The molecule has 24 heavy (non-hydrogen) atoms. The fourth-order valence-electron chi connectivity index (χ4n) is 2.08. The molecule has 142 valence electrons. The molecule has 0 atom stereocenters. The second kappa shape index (κ2) is 17.8. The number of hydrogen-bond acceptors (Lipinski definition) is 2. The quantitative estimate of drug-likeness (QED) is 0.445. The van der Waals surface area contributed by atoms with E-state index >= 15 is 0 Å². The first-order valence-electron chi connectivity index (χ1n) is 9.45. The zero-order chi connectivity index (χ0) is 19.6. The van der Waals surface area contributed by atoms with Gasteiger partial charge < -0.3 is 9.64 Å². The fraction of sp³-hybridized carbons (Fsp3) is 0.667. The van der Waals surface area contributed by atoms with Gasteiger partial charge in [0.05, 0.1) is 0 Å². The van der Waals surface area contributed by atoms with Crippen LogP contribution in [0.2, 0.25) is 0 Å². The van der Waals surface area contributed by atoms with Crippen LogP contribution in [0, 0.1) is 0 Å². The van der Waals surface area contributed by atoms with Crippen molar-refractivity contribution in [3.05, 3.63) is 37.1 Å². The predicted octanol–water partition coefficient (Wildman–Crippen LogP) is 6.13. The fourth-order valence-corrected chi connectivity index (χ4v) is 2.08. The maximum Gasteiger partial charge on any atom is 0.266 e. The smallest absolute Gasteiger partial charge is 0.266 e. The van der Waals surface area contributed by atoms with Crippen LogP contribution in [0.25, 0.3) is 0 Å². The predicted molar refractivity (Wildman–Crippen MR) is 108 cm³/mol. The second-order valence-electron chi connectivity index (χ2n) is 4.97. The summed E-state index contributed by atoms with van der Waals surface area (Å²) in [5.41, 5.74) is -0.861. The molecule has 0 unspecified atom stereocenters. The number of allylic oxidation sites excluding steroid dienone is 3. The third kappa shape index (κ3) is 11.1. The van der Waals surface area contributed by atoms with Gasteiger partial charge >= 0.3 is 0 Å². The van der Waals surface area contributed by atoms with Crippen molar-refractivity contribution in [2.45, 2.75) is 80.3 Å². The number of carbonyl (C=O) groups excluding carboxylic acids is 1. The molecule has 0 N–H and O–H groups in total. The van der Waals surface area contributed by atoms with Crippen LogP contribution in [-0.2, 0) is 9.53 Å². The number of rotatable bonds is 5. The van der Waals surface area contributed by atoms with Crippen LogP contribution in [0.3, 0.4) is 0 Å². The van der Waals surface area contributed by atoms with E-state index in [1.165, 1.54) is 6.42 Å². The first-order valence-corrected chi connectivity index (χ1v) is 9.45. The molecule has 1 saturated heterocycles. The van der Waals surface area contributed by atoms with Crippen molar-refractivity contribution in [3.8, 4) is 0 Å². The topological polar surface area (TPSA) is 29.5 Å². The lowest BCUT2D eigenvalue weighted by Crippen LogP contribution is -2.48. The number of hydrogen-bond donors (Lipinski definition) is 0. The zero-order valence-corrected chi connectivity index (χ0v) is 17.4. The minimum absolute atomic E-state index is 0.0408. The van der Waals surface area contributed by atoms with Gasteiger partial charge in [-0.15, -0.1) is 0 Å². The monoisotopic (exact) mass is 339 g/mol. The number of piperidine rings is 1. The van der Waals surface area contributed by atoms with Gasteiger partial charge in [-0.2, -0.15) is 0 Å². The van der Waals surface area contributed by atoms with Crippen LogP contribution in [0.4, 0.5) is 0 Å². The summed E-state index contributed by atoms with van der Waals surface area (Å²) in [7, 11) is 0. The number of amides is 1. The molecule has 1 aliphatic rings. The highest BCUT2D eigenvalue weighted by Gasteiger charge is 2.34. The van der Waals surface area contributed by atoms with E-state index in [-0.39, 0.29) is 5.91 Å². The molecule has 0 aromatic rings. The Morgan fingerprint density at radius 3 is 1.79 bits per heavy atom. The largest absolute Gasteiger partial charge is 0.478 e. The van der Waals surface area contributed by atoms with Gasteiger partial charge in [0.25, 0.3) is 5.91 Å². The van der Waals surface area contributed by atoms with Crippen molar-refractivity contribution in [2.75, 3.05) is 13.1 Å². The Kier molecular flexibility index (Phi) is 20.3. The molecule has 0 bridgehead atoms. The van der Waals surface area contributed by atoms with Gasteiger partial charge in [0.2, 0.25) is 0 Å². The molecule has 3 nitrogen and oxygen atoms in total. The lowest BCUT2D eigenvalue weighted by Gasteiger charge is -2.34. The van der Waals surface area contributed by atoms with Gasteiger partial charge in [0.15, 0.2) is 5.60 Å². The molecular weight excluding hydrogens is 298 g/mol. The Bertz CT molecular complexity index is 351. The SMILES string of the molecule is C=C/C=C(\C=C)OC(C)(C)C(=O)N1CCCCC1.CC.CC.CC. The van der Waals surface area contributed by atoms with Crippen molar-refractivity contribution in [1.82, 2.24) is 4.90 Å². The highest BCUT2D eigenvalue weighted by atomic mass is 16.5. The van der Waals surface area contributed by atoms with E-state index < -0.39 is 5.60 Å². The van der Waals surface area contributed by atoms with Gasteiger partial charge in [-0.3, -0.25) is 4.79 Å². The number of ether oxygens (including phenoxy) is 1. The van der Waals surface area contributed by atoms with Gasteiger partial charge in [0.1, 0.15) is 5.76 Å². The van der Waals surface area contributed by atoms with Crippen molar-refractivity contribution < 1.29 is 9.53 Å².